The van der Waals surface area contributed by atoms with Crippen LogP contribution in [0, 0.1) is 0 Å². The molecule has 0 aliphatic rings. The van der Waals surface area contributed by atoms with Crippen LogP contribution in [-0.2, 0) is 19.2 Å². The summed E-state index contributed by atoms with van der Waals surface area (Å²) >= 11 is 6.13. The quantitative estimate of drug-likeness (QED) is 0.553. The predicted molar refractivity (Wildman–Crippen MR) is 109 cm³/mol. The highest BCUT2D eigenvalue weighted by Gasteiger charge is 2.33. The molecule has 0 amide bonds. The zero-order valence-corrected chi connectivity index (χ0v) is 17.6. The maximum Gasteiger partial charge on any atom is 0.416 e. The molecule has 0 atom stereocenters. The minimum Gasteiger partial charge on any atom is -0.388 e. The molecule has 6 nitrogen and oxygen atoms in total. The maximum absolute atomic E-state index is 13.4. The summed E-state index contributed by atoms with van der Waals surface area (Å²) in [6.07, 6.45) is -4.24. The fraction of sp³-hybridized carbons (Fsp3) is 0.286. The van der Waals surface area contributed by atoms with Gasteiger partial charge in [-0.05, 0) is 44.4 Å². The van der Waals surface area contributed by atoms with Crippen LogP contribution in [0.1, 0.15) is 33.1 Å². The van der Waals surface area contributed by atoms with Crippen molar-refractivity contribution in [1.82, 2.24) is 19.7 Å². The standard InChI is InChI=1S/C21H20ClF3N4O2/c1-28(2)10-9-18-26-27-19(12-30)29(18)17-8-7-13(21(23,24)25)11-15(17)20(31)14-5-3-4-6-16(14)22/h3-8,11,30H,9-10,12H2,1-2H3. The molecular weight excluding hydrogens is 433 g/mol. The molecule has 164 valence electrons. The van der Waals surface area contributed by atoms with E-state index in [4.69, 9.17) is 11.6 Å². The number of carbonyl (C=O) groups excluding carboxylic acids is 1. The number of alkyl halides is 3. The van der Waals surface area contributed by atoms with E-state index >= 15 is 0 Å². The van der Waals surface area contributed by atoms with Gasteiger partial charge in [-0.25, -0.2) is 0 Å². The summed E-state index contributed by atoms with van der Waals surface area (Å²) in [5.41, 5.74) is -0.984. The first-order valence-corrected chi connectivity index (χ1v) is 9.71. The Bertz CT molecular complexity index is 1100. The smallest absolute Gasteiger partial charge is 0.388 e. The first-order valence-electron chi connectivity index (χ1n) is 9.33. The lowest BCUT2D eigenvalue weighted by molar-refractivity contribution is -0.137. The van der Waals surface area contributed by atoms with Gasteiger partial charge in [0.2, 0.25) is 0 Å². The molecule has 10 heteroatoms. The van der Waals surface area contributed by atoms with Crippen LogP contribution in [0.2, 0.25) is 5.02 Å². The second-order valence-corrected chi connectivity index (χ2v) is 7.53. The van der Waals surface area contributed by atoms with Crippen molar-refractivity contribution in [2.24, 2.45) is 0 Å². The van der Waals surface area contributed by atoms with Gasteiger partial charge in [0.15, 0.2) is 11.6 Å². The van der Waals surface area contributed by atoms with Crippen LogP contribution in [-0.4, -0.2) is 51.2 Å². The van der Waals surface area contributed by atoms with Gasteiger partial charge in [0.05, 0.1) is 16.3 Å². The van der Waals surface area contributed by atoms with Crippen molar-refractivity contribution >= 4 is 17.4 Å². The summed E-state index contributed by atoms with van der Waals surface area (Å²) in [6, 6.07) is 8.99. The van der Waals surface area contributed by atoms with E-state index in [1.807, 2.05) is 19.0 Å². The Morgan fingerprint density at radius 3 is 2.39 bits per heavy atom. The summed E-state index contributed by atoms with van der Waals surface area (Å²) in [7, 11) is 3.72. The van der Waals surface area contributed by atoms with Gasteiger partial charge in [-0.2, -0.15) is 13.2 Å². The number of benzene rings is 2. The Balaban J connectivity index is 2.23. The minimum atomic E-state index is -4.64. The monoisotopic (exact) mass is 452 g/mol. The van der Waals surface area contributed by atoms with E-state index < -0.39 is 24.1 Å². The van der Waals surface area contributed by atoms with Crippen LogP contribution < -0.4 is 0 Å². The van der Waals surface area contributed by atoms with Crippen molar-refractivity contribution in [1.29, 1.82) is 0 Å². The van der Waals surface area contributed by atoms with E-state index in [-0.39, 0.29) is 27.7 Å². The van der Waals surface area contributed by atoms with E-state index in [1.54, 1.807) is 12.1 Å². The molecule has 3 rings (SSSR count). The molecular formula is C21H20ClF3N4O2. The van der Waals surface area contributed by atoms with Crippen molar-refractivity contribution in [2.45, 2.75) is 19.2 Å². The summed E-state index contributed by atoms with van der Waals surface area (Å²) in [6.45, 7) is 0.0771. The summed E-state index contributed by atoms with van der Waals surface area (Å²) < 4.78 is 41.6. The average Bonchev–Trinajstić information content (AvgIpc) is 3.13. The van der Waals surface area contributed by atoms with Crippen molar-refractivity contribution in [2.75, 3.05) is 20.6 Å². The number of rotatable bonds is 7. The largest absolute Gasteiger partial charge is 0.416 e. The average molecular weight is 453 g/mol. The molecule has 0 spiro atoms. The molecule has 0 fully saturated rings. The fourth-order valence-corrected chi connectivity index (χ4v) is 3.32. The molecule has 0 bridgehead atoms. The zero-order valence-electron chi connectivity index (χ0n) is 16.8. The molecule has 1 aromatic heterocycles. The lowest BCUT2D eigenvalue weighted by Crippen LogP contribution is -2.19. The minimum absolute atomic E-state index is 0.0678. The topological polar surface area (TPSA) is 71.2 Å². The molecule has 2 aromatic carbocycles. The lowest BCUT2D eigenvalue weighted by atomic mass is 9.98. The van der Waals surface area contributed by atoms with E-state index in [2.05, 4.69) is 10.2 Å². The van der Waals surface area contributed by atoms with Gasteiger partial charge >= 0.3 is 6.18 Å². The number of ketones is 1. The maximum atomic E-state index is 13.4. The highest BCUT2D eigenvalue weighted by molar-refractivity contribution is 6.35. The first-order chi connectivity index (χ1) is 14.6. The van der Waals surface area contributed by atoms with E-state index in [9.17, 15) is 23.1 Å². The van der Waals surface area contributed by atoms with Gasteiger partial charge in [-0.3, -0.25) is 9.36 Å². The molecule has 0 unspecified atom stereocenters. The highest BCUT2D eigenvalue weighted by atomic mass is 35.5. The number of hydrogen-bond acceptors (Lipinski definition) is 5. The van der Waals surface area contributed by atoms with Gasteiger partial charge in [0.25, 0.3) is 0 Å². The van der Waals surface area contributed by atoms with Gasteiger partial charge in [-0.15, -0.1) is 10.2 Å². The molecule has 0 aliphatic carbocycles. The molecule has 1 heterocycles. The number of hydrogen-bond donors (Lipinski definition) is 1. The van der Waals surface area contributed by atoms with Crippen molar-refractivity contribution in [3.05, 3.63) is 75.8 Å². The molecule has 3 aromatic rings. The predicted octanol–water partition coefficient (Wildman–Crippen LogP) is 3.77. The second kappa shape index (κ2) is 9.17. The van der Waals surface area contributed by atoms with Crippen molar-refractivity contribution < 1.29 is 23.1 Å². The Hall–Kier alpha value is -2.75. The molecule has 0 saturated heterocycles. The molecule has 1 N–H and O–H groups in total. The van der Waals surface area contributed by atoms with Crippen LogP contribution in [0.25, 0.3) is 5.69 Å². The molecule has 0 radical (unpaired) electrons. The summed E-state index contributed by atoms with van der Waals surface area (Å²) in [4.78, 5) is 15.2. The highest BCUT2D eigenvalue weighted by Crippen LogP contribution is 2.33. The Morgan fingerprint density at radius 1 is 1.10 bits per heavy atom. The van der Waals surface area contributed by atoms with Crippen LogP contribution >= 0.6 is 11.6 Å². The third-order valence-electron chi connectivity index (χ3n) is 4.65. The van der Waals surface area contributed by atoms with Gasteiger partial charge in [0, 0.05) is 24.1 Å². The third kappa shape index (κ3) is 4.95. The van der Waals surface area contributed by atoms with Crippen LogP contribution in [0.3, 0.4) is 0 Å². The van der Waals surface area contributed by atoms with Crippen LogP contribution in [0.15, 0.2) is 42.5 Å². The third-order valence-corrected chi connectivity index (χ3v) is 4.98. The fourth-order valence-electron chi connectivity index (χ4n) is 3.10. The van der Waals surface area contributed by atoms with Gasteiger partial charge in [-0.1, -0.05) is 23.7 Å². The number of carbonyl (C=O) groups is 1. The number of aliphatic hydroxyl groups is 1. The van der Waals surface area contributed by atoms with Crippen molar-refractivity contribution in [3.63, 3.8) is 0 Å². The first kappa shape index (κ1) is 22.9. The van der Waals surface area contributed by atoms with E-state index in [0.717, 1.165) is 12.1 Å². The summed E-state index contributed by atoms with van der Waals surface area (Å²) in [5.74, 6) is -0.157. The van der Waals surface area contributed by atoms with E-state index in [1.165, 1.54) is 22.8 Å². The number of aromatic nitrogens is 3. The second-order valence-electron chi connectivity index (χ2n) is 7.12. The van der Waals surface area contributed by atoms with E-state index in [0.29, 0.717) is 18.8 Å². The number of aliphatic hydroxyl groups excluding tert-OH is 1. The SMILES string of the molecule is CN(C)CCc1nnc(CO)n1-c1ccc(C(F)(F)F)cc1C(=O)c1ccccc1Cl. The molecule has 0 aliphatic heterocycles. The summed E-state index contributed by atoms with van der Waals surface area (Å²) in [5, 5.41) is 17.8. The molecule has 0 saturated carbocycles. The number of nitrogens with zero attached hydrogens (tertiary/aromatic N) is 4. The molecule has 31 heavy (non-hydrogen) atoms. The number of halogens is 4. The van der Waals surface area contributed by atoms with Crippen molar-refractivity contribution in [3.8, 4) is 5.69 Å². The van der Waals surface area contributed by atoms with Gasteiger partial charge in [0.1, 0.15) is 12.4 Å². The number of likely N-dealkylation sites (N-methyl/N-ethyl adjacent to an activating group) is 1. The lowest BCUT2D eigenvalue weighted by Gasteiger charge is -2.17. The normalized spacial score (nSPS) is 11.9. The van der Waals surface area contributed by atoms with Gasteiger partial charge < -0.3 is 10.0 Å². The Labute approximate surface area is 181 Å². The van der Waals surface area contributed by atoms with Crippen LogP contribution in [0.4, 0.5) is 13.2 Å². The zero-order chi connectivity index (χ0) is 22.8. The van der Waals surface area contributed by atoms with Crippen LogP contribution in [0.5, 0.6) is 0 Å². The Kier molecular flexibility index (Phi) is 6.78. The Morgan fingerprint density at radius 2 is 1.77 bits per heavy atom.